The first kappa shape index (κ1) is 25.4. The zero-order valence-electron chi connectivity index (χ0n) is 20.8. The Hall–Kier alpha value is -4.72. The van der Waals surface area contributed by atoms with Gasteiger partial charge in [0.1, 0.15) is 11.4 Å². The number of nitrogens with zero attached hydrogens (tertiary/aromatic N) is 3. The second kappa shape index (κ2) is 12.3. The summed E-state index contributed by atoms with van der Waals surface area (Å²) in [7, 11) is 0. The molecule has 0 saturated heterocycles. The molecule has 3 aromatic carbocycles. The summed E-state index contributed by atoms with van der Waals surface area (Å²) in [6.45, 7) is 4.43. The Morgan fingerprint density at radius 2 is 1.81 bits per heavy atom. The molecule has 2 amide bonds. The molecule has 0 atom stereocenters. The molecule has 4 aromatic rings. The van der Waals surface area contributed by atoms with Gasteiger partial charge in [0, 0.05) is 22.9 Å². The molecule has 0 aliphatic rings. The van der Waals surface area contributed by atoms with Gasteiger partial charge in [-0.15, -0.1) is 0 Å². The van der Waals surface area contributed by atoms with Gasteiger partial charge in [-0.2, -0.15) is 10.2 Å². The minimum absolute atomic E-state index is 0.195. The molecule has 1 aromatic heterocycles. The van der Waals surface area contributed by atoms with Crippen molar-refractivity contribution >= 4 is 18.0 Å². The fraction of sp³-hybridized carbons (Fsp3) is 0.172. The van der Waals surface area contributed by atoms with Crippen LogP contribution in [0.3, 0.4) is 0 Å². The number of carbonyl (C=O) groups excluding carboxylic acids is 2. The first-order valence-electron chi connectivity index (χ1n) is 12.1. The quantitative estimate of drug-likeness (QED) is 0.250. The molecule has 0 spiro atoms. The fourth-order valence-electron chi connectivity index (χ4n) is 3.61. The van der Waals surface area contributed by atoms with Gasteiger partial charge < -0.3 is 10.1 Å². The Bertz CT molecular complexity index is 1380. The summed E-state index contributed by atoms with van der Waals surface area (Å²) in [6, 6.07) is 24.6. The molecule has 0 radical (unpaired) electrons. The van der Waals surface area contributed by atoms with Crippen LogP contribution in [0.15, 0.2) is 90.2 Å². The van der Waals surface area contributed by atoms with Gasteiger partial charge in [-0.3, -0.25) is 9.59 Å². The van der Waals surface area contributed by atoms with Crippen molar-refractivity contribution in [1.82, 2.24) is 20.5 Å². The standard InChI is InChI=1S/C29H29N5O3/c1-3-16-37-26-14-12-22(13-15-26)28-24(20-34(33-28)25-10-5-4-6-11-25)18-31-32-27(35)19-30-29(36)23-9-7-8-21(2)17-23/h4-15,17-18,20H,3,16,19H2,1-2H3,(H,30,36)(H,32,35)/b31-18-. The van der Waals surface area contributed by atoms with E-state index in [-0.39, 0.29) is 12.5 Å². The monoisotopic (exact) mass is 495 g/mol. The van der Waals surface area contributed by atoms with E-state index in [0.717, 1.165) is 34.5 Å². The number of hydrogen-bond acceptors (Lipinski definition) is 5. The molecule has 188 valence electrons. The van der Waals surface area contributed by atoms with E-state index in [1.807, 2.05) is 73.8 Å². The lowest BCUT2D eigenvalue weighted by molar-refractivity contribution is -0.120. The normalized spacial score (nSPS) is 10.9. The van der Waals surface area contributed by atoms with Crippen LogP contribution >= 0.6 is 0 Å². The first-order chi connectivity index (χ1) is 18.0. The molecule has 8 heteroatoms. The molecule has 1 heterocycles. The number of aryl methyl sites for hydroxylation is 1. The van der Waals surface area contributed by atoms with E-state index in [1.54, 1.807) is 29.1 Å². The van der Waals surface area contributed by atoms with Crippen molar-refractivity contribution in [2.75, 3.05) is 13.2 Å². The molecule has 0 unspecified atom stereocenters. The van der Waals surface area contributed by atoms with Crippen molar-refractivity contribution in [2.24, 2.45) is 5.10 Å². The van der Waals surface area contributed by atoms with Crippen LogP contribution in [-0.2, 0) is 4.79 Å². The number of amides is 2. The summed E-state index contributed by atoms with van der Waals surface area (Å²) >= 11 is 0. The maximum absolute atomic E-state index is 12.3. The van der Waals surface area contributed by atoms with E-state index >= 15 is 0 Å². The van der Waals surface area contributed by atoms with Gasteiger partial charge in [-0.05, 0) is 61.9 Å². The highest BCUT2D eigenvalue weighted by Crippen LogP contribution is 2.25. The number of hydrogen-bond donors (Lipinski definition) is 2. The lowest BCUT2D eigenvalue weighted by atomic mass is 10.1. The molecule has 0 aliphatic carbocycles. The summed E-state index contributed by atoms with van der Waals surface area (Å²) < 4.78 is 7.45. The average molecular weight is 496 g/mol. The van der Waals surface area contributed by atoms with Gasteiger partial charge in [0.15, 0.2) is 0 Å². The van der Waals surface area contributed by atoms with Gasteiger partial charge in [0.05, 0.1) is 25.1 Å². The molecular weight excluding hydrogens is 466 g/mol. The zero-order chi connectivity index (χ0) is 26.0. The second-order valence-electron chi connectivity index (χ2n) is 8.43. The highest BCUT2D eigenvalue weighted by molar-refractivity contribution is 5.96. The topological polar surface area (TPSA) is 97.6 Å². The van der Waals surface area contributed by atoms with Gasteiger partial charge in [0.2, 0.25) is 0 Å². The van der Waals surface area contributed by atoms with E-state index in [1.165, 1.54) is 0 Å². The third-order valence-electron chi connectivity index (χ3n) is 5.45. The average Bonchev–Trinajstić information content (AvgIpc) is 3.35. The third-order valence-corrected chi connectivity index (χ3v) is 5.45. The highest BCUT2D eigenvalue weighted by atomic mass is 16.5. The third kappa shape index (κ3) is 6.91. The van der Waals surface area contributed by atoms with Crippen LogP contribution in [0.2, 0.25) is 0 Å². The maximum Gasteiger partial charge on any atom is 0.259 e. The minimum Gasteiger partial charge on any atom is -0.494 e. The van der Waals surface area contributed by atoms with Crippen molar-refractivity contribution in [1.29, 1.82) is 0 Å². The molecule has 0 fully saturated rings. The molecule has 37 heavy (non-hydrogen) atoms. The Balaban J connectivity index is 1.46. The predicted octanol–water partition coefficient (Wildman–Crippen LogP) is 4.52. The van der Waals surface area contributed by atoms with Crippen LogP contribution in [0.5, 0.6) is 5.75 Å². The summed E-state index contributed by atoms with van der Waals surface area (Å²) in [5, 5.41) is 11.5. The number of hydrazone groups is 1. The fourth-order valence-corrected chi connectivity index (χ4v) is 3.61. The Kier molecular flexibility index (Phi) is 8.44. The molecule has 4 rings (SSSR count). The summed E-state index contributed by atoms with van der Waals surface area (Å²) in [4.78, 5) is 24.5. The lowest BCUT2D eigenvalue weighted by Crippen LogP contribution is -2.34. The van der Waals surface area contributed by atoms with Crippen molar-refractivity contribution in [3.63, 3.8) is 0 Å². The van der Waals surface area contributed by atoms with Gasteiger partial charge in [-0.25, -0.2) is 10.1 Å². The van der Waals surface area contributed by atoms with Crippen LogP contribution < -0.4 is 15.5 Å². The van der Waals surface area contributed by atoms with E-state index in [2.05, 4.69) is 22.8 Å². The van der Waals surface area contributed by atoms with E-state index in [4.69, 9.17) is 9.84 Å². The molecule has 0 aliphatic heterocycles. The van der Waals surface area contributed by atoms with Crippen LogP contribution in [0, 0.1) is 6.92 Å². The molecule has 0 saturated carbocycles. The summed E-state index contributed by atoms with van der Waals surface area (Å²) in [5.41, 5.74) is 7.14. The number of benzene rings is 3. The smallest absolute Gasteiger partial charge is 0.259 e. The minimum atomic E-state index is -0.438. The maximum atomic E-state index is 12.3. The molecule has 0 bridgehead atoms. The number of carbonyl (C=O) groups is 2. The highest BCUT2D eigenvalue weighted by Gasteiger charge is 2.12. The zero-order valence-corrected chi connectivity index (χ0v) is 20.8. The van der Waals surface area contributed by atoms with Crippen LogP contribution in [-0.4, -0.2) is 41.0 Å². The van der Waals surface area contributed by atoms with Crippen LogP contribution in [0.4, 0.5) is 0 Å². The Morgan fingerprint density at radius 1 is 1.03 bits per heavy atom. The van der Waals surface area contributed by atoms with Crippen molar-refractivity contribution < 1.29 is 14.3 Å². The SMILES string of the molecule is CCCOc1ccc(-c2nn(-c3ccccc3)cc2/C=N\NC(=O)CNC(=O)c2cccc(C)c2)cc1. The number of aromatic nitrogens is 2. The lowest BCUT2D eigenvalue weighted by Gasteiger charge is -2.06. The summed E-state index contributed by atoms with van der Waals surface area (Å²) in [5.74, 6) is 0.0376. The second-order valence-corrected chi connectivity index (χ2v) is 8.43. The number of nitrogens with one attached hydrogen (secondary N) is 2. The number of rotatable bonds is 10. The first-order valence-corrected chi connectivity index (χ1v) is 12.1. The van der Waals surface area contributed by atoms with Crippen LogP contribution in [0.25, 0.3) is 16.9 Å². The van der Waals surface area contributed by atoms with E-state index in [9.17, 15) is 9.59 Å². The van der Waals surface area contributed by atoms with Crippen LogP contribution in [0.1, 0.15) is 34.8 Å². The van der Waals surface area contributed by atoms with Gasteiger partial charge >= 0.3 is 0 Å². The largest absolute Gasteiger partial charge is 0.494 e. The molecule has 2 N–H and O–H groups in total. The molecule has 8 nitrogen and oxygen atoms in total. The van der Waals surface area contributed by atoms with E-state index in [0.29, 0.717) is 17.9 Å². The molecular formula is C29H29N5O3. The Labute approximate surface area is 216 Å². The predicted molar refractivity (Wildman–Crippen MR) is 144 cm³/mol. The van der Waals surface area contributed by atoms with E-state index < -0.39 is 5.91 Å². The number of ether oxygens (including phenoxy) is 1. The Morgan fingerprint density at radius 3 is 2.54 bits per heavy atom. The van der Waals surface area contributed by atoms with Crippen molar-refractivity contribution in [3.05, 3.63) is 102 Å². The van der Waals surface area contributed by atoms with Gasteiger partial charge in [-0.1, -0.05) is 42.8 Å². The van der Waals surface area contributed by atoms with Crippen molar-refractivity contribution in [3.8, 4) is 22.7 Å². The van der Waals surface area contributed by atoms with Gasteiger partial charge in [0.25, 0.3) is 11.8 Å². The van der Waals surface area contributed by atoms with Crippen molar-refractivity contribution in [2.45, 2.75) is 20.3 Å². The summed E-state index contributed by atoms with van der Waals surface area (Å²) in [6.07, 6.45) is 4.33. The number of para-hydroxylation sites is 1.